The molecule has 4 nitrogen and oxygen atoms in total. The van der Waals surface area contributed by atoms with Gasteiger partial charge >= 0.3 is 0 Å². The van der Waals surface area contributed by atoms with Gasteiger partial charge in [-0.15, -0.1) is 0 Å². The number of aromatic nitrogens is 2. The van der Waals surface area contributed by atoms with E-state index < -0.39 is 0 Å². The van der Waals surface area contributed by atoms with Crippen molar-refractivity contribution in [3.05, 3.63) is 16.4 Å². The van der Waals surface area contributed by atoms with Crippen LogP contribution in [0.5, 0.6) is 0 Å². The van der Waals surface area contributed by atoms with Gasteiger partial charge in [0.2, 0.25) is 0 Å². The fourth-order valence-electron chi connectivity index (χ4n) is 1.39. The third-order valence-corrected chi connectivity index (χ3v) is 2.65. The largest absolute Gasteiger partial charge is 0.373 e. The Morgan fingerprint density at radius 1 is 1.50 bits per heavy atom. The van der Waals surface area contributed by atoms with Crippen LogP contribution in [0.2, 0.25) is 5.02 Å². The van der Waals surface area contributed by atoms with Crippen molar-refractivity contribution in [3.63, 3.8) is 0 Å². The Hall–Kier alpha value is -0.580. The summed E-state index contributed by atoms with van der Waals surface area (Å²) in [6, 6.07) is 0. The number of halogens is 1. The first kappa shape index (κ1) is 13.5. The van der Waals surface area contributed by atoms with E-state index in [2.05, 4.69) is 5.10 Å². The zero-order valence-corrected chi connectivity index (χ0v) is 11.1. The van der Waals surface area contributed by atoms with Crippen molar-refractivity contribution < 1.29 is 4.74 Å². The molecular formula is C11H20ClN3O. The number of aryl methyl sites for hydroxylation is 2. The molecule has 0 bridgehead atoms. The van der Waals surface area contributed by atoms with Gasteiger partial charge in [-0.05, 0) is 20.3 Å². The predicted octanol–water partition coefficient (Wildman–Crippen LogP) is 1.89. The van der Waals surface area contributed by atoms with E-state index in [0.29, 0.717) is 18.2 Å². The Balaban J connectivity index is 2.64. The molecule has 1 rings (SSSR count). The SMILES string of the molecule is CCc1nn(C)c(COCC(C)(C)N)c1Cl. The molecule has 5 heteroatoms. The second-order valence-electron chi connectivity index (χ2n) is 4.67. The molecule has 1 heterocycles. The van der Waals surface area contributed by atoms with Crippen LogP contribution in [0.4, 0.5) is 0 Å². The van der Waals surface area contributed by atoms with E-state index in [4.69, 9.17) is 22.1 Å². The third-order valence-electron chi connectivity index (χ3n) is 2.22. The van der Waals surface area contributed by atoms with Crippen molar-refractivity contribution in [2.24, 2.45) is 12.8 Å². The molecular weight excluding hydrogens is 226 g/mol. The number of nitrogens with two attached hydrogens (primary N) is 1. The smallest absolute Gasteiger partial charge is 0.0900 e. The van der Waals surface area contributed by atoms with Gasteiger partial charge < -0.3 is 10.5 Å². The molecule has 0 aliphatic heterocycles. The molecule has 16 heavy (non-hydrogen) atoms. The first-order valence-corrected chi connectivity index (χ1v) is 5.80. The Kier molecular flexibility index (Phi) is 4.35. The highest BCUT2D eigenvalue weighted by Crippen LogP contribution is 2.21. The molecule has 0 fully saturated rings. The number of nitrogens with zero attached hydrogens (tertiary/aromatic N) is 2. The molecule has 0 saturated heterocycles. The molecule has 0 unspecified atom stereocenters. The van der Waals surface area contributed by atoms with Gasteiger partial charge in [0.1, 0.15) is 0 Å². The molecule has 0 spiro atoms. The summed E-state index contributed by atoms with van der Waals surface area (Å²) < 4.78 is 7.30. The lowest BCUT2D eigenvalue weighted by molar-refractivity contribution is 0.0811. The molecule has 1 aromatic rings. The van der Waals surface area contributed by atoms with Crippen molar-refractivity contribution in [2.75, 3.05) is 6.61 Å². The molecule has 0 aromatic carbocycles. The van der Waals surface area contributed by atoms with Crippen LogP contribution in [0.25, 0.3) is 0 Å². The molecule has 0 atom stereocenters. The summed E-state index contributed by atoms with van der Waals surface area (Å²) in [4.78, 5) is 0. The van der Waals surface area contributed by atoms with Crippen LogP contribution >= 0.6 is 11.6 Å². The van der Waals surface area contributed by atoms with Crippen molar-refractivity contribution in [2.45, 2.75) is 39.3 Å². The van der Waals surface area contributed by atoms with Crippen LogP contribution in [0.1, 0.15) is 32.2 Å². The van der Waals surface area contributed by atoms with E-state index in [0.717, 1.165) is 17.8 Å². The molecule has 0 aliphatic carbocycles. The average molecular weight is 246 g/mol. The normalized spacial score (nSPS) is 12.1. The van der Waals surface area contributed by atoms with E-state index in [1.54, 1.807) is 4.68 Å². The minimum absolute atomic E-state index is 0.321. The highest BCUT2D eigenvalue weighted by Gasteiger charge is 2.15. The Bertz CT molecular complexity index is 355. The maximum atomic E-state index is 6.19. The number of ether oxygens (including phenoxy) is 1. The second-order valence-corrected chi connectivity index (χ2v) is 5.04. The zero-order valence-electron chi connectivity index (χ0n) is 10.4. The second kappa shape index (κ2) is 5.17. The van der Waals surface area contributed by atoms with Crippen LogP contribution in [0.15, 0.2) is 0 Å². The zero-order chi connectivity index (χ0) is 12.3. The highest BCUT2D eigenvalue weighted by molar-refractivity contribution is 6.31. The van der Waals surface area contributed by atoms with Crippen molar-refractivity contribution in [1.29, 1.82) is 0 Å². The summed E-state index contributed by atoms with van der Waals surface area (Å²) >= 11 is 6.19. The van der Waals surface area contributed by atoms with Crippen molar-refractivity contribution >= 4 is 11.6 Å². The van der Waals surface area contributed by atoms with E-state index >= 15 is 0 Å². The summed E-state index contributed by atoms with van der Waals surface area (Å²) in [6.45, 7) is 6.82. The predicted molar refractivity (Wildman–Crippen MR) is 65.5 cm³/mol. The average Bonchev–Trinajstić information content (AvgIpc) is 2.42. The topological polar surface area (TPSA) is 53.1 Å². The van der Waals surface area contributed by atoms with E-state index in [-0.39, 0.29) is 5.54 Å². The van der Waals surface area contributed by atoms with Gasteiger partial charge in [0.25, 0.3) is 0 Å². The Morgan fingerprint density at radius 2 is 2.12 bits per heavy atom. The van der Waals surface area contributed by atoms with Gasteiger partial charge in [0.15, 0.2) is 0 Å². The third kappa shape index (κ3) is 3.47. The Morgan fingerprint density at radius 3 is 2.56 bits per heavy atom. The Labute approximate surface area is 102 Å². The molecule has 2 N–H and O–H groups in total. The lowest BCUT2D eigenvalue weighted by Gasteiger charge is -2.18. The lowest BCUT2D eigenvalue weighted by atomic mass is 10.1. The van der Waals surface area contributed by atoms with Gasteiger partial charge in [-0.2, -0.15) is 5.10 Å². The summed E-state index contributed by atoms with van der Waals surface area (Å²) in [6.07, 6.45) is 0.828. The van der Waals surface area contributed by atoms with Crippen molar-refractivity contribution in [1.82, 2.24) is 9.78 Å². The maximum Gasteiger partial charge on any atom is 0.0900 e. The number of rotatable bonds is 5. The summed E-state index contributed by atoms with van der Waals surface area (Å²) in [5.74, 6) is 0. The fourth-order valence-corrected chi connectivity index (χ4v) is 1.74. The van der Waals surface area contributed by atoms with Gasteiger partial charge in [-0.1, -0.05) is 18.5 Å². The fraction of sp³-hybridized carbons (Fsp3) is 0.727. The minimum atomic E-state index is -0.321. The van der Waals surface area contributed by atoms with Gasteiger partial charge in [-0.25, -0.2) is 0 Å². The van der Waals surface area contributed by atoms with Crippen LogP contribution in [0, 0.1) is 0 Å². The van der Waals surface area contributed by atoms with Crippen LogP contribution < -0.4 is 5.73 Å². The summed E-state index contributed by atoms with van der Waals surface area (Å²) in [7, 11) is 1.87. The summed E-state index contributed by atoms with van der Waals surface area (Å²) in [5.41, 5.74) is 7.32. The maximum absolute atomic E-state index is 6.19. The van der Waals surface area contributed by atoms with E-state index in [1.807, 2.05) is 27.8 Å². The lowest BCUT2D eigenvalue weighted by Crippen LogP contribution is -2.37. The molecule has 0 radical (unpaired) electrons. The molecule has 0 amide bonds. The van der Waals surface area contributed by atoms with Crippen molar-refractivity contribution in [3.8, 4) is 0 Å². The van der Waals surface area contributed by atoms with Gasteiger partial charge in [0.05, 0.1) is 29.6 Å². The van der Waals surface area contributed by atoms with E-state index in [1.165, 1.54) is 0 Å². The molecule has 92 valence electrons. The quantitative estimate of drug-likeness (QED) is 0.862. The van der Waals surface area contributed by atoms with E-state index in [9.17, 15) is 0 Å². The first-order chi connectivity index (χ1) is 7.35. The van der Waals surface area contributed by atoms with Gasteiger partial charge in [0, 0.05) is 12.6 Å². The van der Waals surface area contributed by atoms with Crippen LogP contribution in [0.3, 0.4) is 0 Å². The van der Waals surface area contributed by atoms with Crippen LogP contribution in [-0.4, -0.2) is 21.9 Å². The standard InChI is InChI=1S/C11H20ClN3O/c1-5-8-10(12)9(15(4)14-8)6-16-7-11(2,3)13/h5-7,13H2,1-4H3. The first-order valence-electron chi connectivity index (χ1n) is 5.42. The number of hydrogen-bond acceptors (Lipinski definition) is 3. The highest BCUT2D eigenvalue weighted by atomic mass is 35.5. The van der Waals surface area contributed by atoms with Crippen LogP contribution in [-0.2, 0) is 24.8 Å². The monoisotopic (exact) mass is 245 g/mol. The molecule has 1 aromatic heterocycles. The minimum Gasteiger partial charge on any atom is -0.373 e. The molecule has 0 saturated carbocycles. The molecule has 0 aliphatic rings. The number of hydrogen-bond donors (Lipinski definition) is 1. The summed E-state index contributed by atoms with van der Waals surface area (Å²) in [5, 5.41) is 5.03. The van der Waals surface area contributed by atoms with Gasteiger partial charge in [-0.3, -0.25) is 4.68 Å².